The Morgan fingerprint density at radius 1 is 1.32 bits per heavy atom. The molecular weight excluding hydrogens is 257 g/mol. The Kier molecular flexibility index (Phi) is 4.19. The molecule has 0 spiro atoms. The van der Waals surface area contributed by atoms with Crippen LogP contribution in [0.2, 0.25) is 0 Å². The summed E-state index contributed by atoms with van der Waals surface area (Å²) in [6.07, 6.45) is -1.07. The van der Waals surface area contributed by atoms with Gasteiger partial charge in [-0.2, -0.15) is 13.2 Å². The van der Waals surface area contributed by atoms with Crippen molar-refractivity contribution in [3.05, 3.63) is 23.8 Å². The number of nitrogens with two attached hydrogens (primary N) is 1. The predicted octanol–water partition coefficient (Wildman–Crippen LogP) is 2.81. The summed E-state index contributed by atoms with van der Waals surface area (Å²) in [6.45, 7) is 1.38. The number of halogens is 3. The van der Waals surface area contributed by atoms with Crippen LogP contribution in [0.25, 0.3) is 0 Å². The zero-order valence-electron chi connectivity index (χ0n) is 10.5. The number of benzene rings is 1. The zero-order valence-corrected chi connectivity index (χ0v) is 10.5. The molecule has 0 aliphatic carbocycles. The number of hydrogen-bond acceptors (Lipinski definition) is 3. The van der Waals surface area contributed by atoms with Crippen LogP contribution in [0.1, 0.15) is 24.8 Å². The maximum absolute atomic E-state index is 12.5. The summed E-state index contributed by atoms with van der Waals surface area (Å²) < 4.78 is 42.9. The Balaban J connectivity index is 1.97. The Morgan fingerprint density at radius 2 is 2.11 bits per heavy atom. The second kappa shape index (κ2) is 5.69. The van der Waals surface area contributed by atoms with Gasteiger partial charge in [-0.05, 0) is 37.6 Å². The highest BCUT2D eigenvalue weighted by molar-refractivity contribution is 5.54. The first-order valence-electron chi connectivity index (χ1n) is 6.30. The molecule has 0 radical (unpaired) electrons. The number of hydrogen-bond donors (Lipinski definition) is 2. The standard InChI is InChI=1S/C13H17F3N2O/c14-13(15,16)9-4-5-12(11(17)7-9)19-8-10-3-1-2-6-18-10/h4-5,7,10,18H,1-3,6,8,17H2. The smallest absolute Gasteiger partial charge is 0.416 e. The number of rotatable bonds is 3. The van der Waals surface area contributed by atoms with E-state index in [0.29, 0.717) is 12.4 Å². The molecule has 1 unspecified atom stereocenters. The maximum atomic E-state index is 12.5. The Morgan fingerprint density at radius 3 is 2.68 bits per heavy atom. The largest absolute Gasteiger partial charge is 0.490 e. The van der Waals surface area contributed by atoms with E-state index in [1.165, 1.54) is 6.07 Å². The van der Waals surface area contributed by atoms with E-state index in [1.54, 1.807) is 0 Å². The molecule has 6 heteroatoms. The summed E-state index contributed by atoms with van der Waals surface area (Å²) in [6, 6.07) is 3.42. The quantitative estimate of drug-likeness (QED) is 0.833. The van der Waals surface area contributed by atoms with Crippen LogP contribution in [0.4, 0.5) is 18.9 Å². The van der Waals surface area contributed by atoms with Crippen molar-refractivity contribution in [3.8, 4) is 5.75 Å². The topological polar surface area (TPSA) is 47.3 Å². The molecule has 2 rings (SSSR count). The van der Waals surface area contributed by atoms with Crippen LogP contribution in [0, 0.1) is 0 Å². The average Bonchev–Trinajstić information content (AvgIpc) is 2.37. The average molecular weight is 274 g/mol. The van der Waals surface area contributed by atoms with Crippen LogP contribution in [0.5, 0.6) is 5.75 Å². The summed E-state index contributed by atoms with van der Waals surface area (Å²) in [5.41, 5.74) is 4.85. The van der Waals surface area contributed by atoms with Gasteiger partial charge in [-0.1, -0.05) is 6.42 Å². The summed E-state index contributed by atoms with van der Waals surface area (Å²) in [7, 11) is 0. The molecule has 1 saturated heterocycles. The molecule has 1 fully saturated rings. The number of piperidine rings is 1. The highest BCUT2D eigenvalue weighted by atomic mass is 19.4. The first-order valence-corrected chi connectivity index (χ1v) is 6.30. The maximum Gasteiger partial charge on any atom is 0.416 e. The summed E-state index contributed by atoms with van der Waals surface area (Å²) in [5.74, 6) is 0.306. The third kappa shape index (κ3) is 3.76. The number of alkyl halides is 3. The number of nitrogen functional groups attached to an aromatic ring is 1. The second-order valence-electron chi connectivity index (χ2n) is 4.71. The first-order chi connectivity index (χ1) is 8.97. The van der Waals surface area contributed by atoms with Crippen molar-refractivity contribution in [1.82, 2.24) is 5.32 Å². The molecule has 1 heterocycles. The highest BCUT2D eigenvalue weighted by Crippen LogP contribution is 2.33. The van der Waals surface area contributed by atoms with Gasteiger partial charge in [0.25, 0.3) is 0 Å². The van der Waals surface area contributed by atoms with Gasteiger partial charge >= 0.3 is 6.18 Å². The minimum Gasteiger partial charge on any atom is -0.490 e. The SMILES string of the molecule is Nc1cc(C(F)(F)F)ccc1OCC1CCCCN1. The van der Waals surface area contributed by atoms with Crippen molar-refractivity contribution >= 4 is 5.69 Å². The van der Waals surface area contributed by atoms with Crippen LogP contribution in [0.15, 0.2) is 18.2 Å². The van der Waals surface area contributed by atoms with Crippen LogP contribution < -0.4 is 15.8 Å². The van der Waals surface area contributed by atoms with Crippen molar-refractivity contribution < 1.29 is 17.9 Å². The molecule has 1 aromatic rings. The van der Waals surface area contributed by atoms with E-state index < -0.39 is 11.7 Å². The van der Waals surface area contributed by atoms with Crippen molar-refractivity contribution in [3.63, 3.8) is 0 Å². The van der Waals surface area contributed by atoms with E-state index in [2.05, 4.69) is 5.32 Å². The van der Waals surface area contributed by atoms with Crippen LogP contribution in [0.3, 0.4) is 0 Å². The molecule has 19 heavy (non-hydrogen) atoms. The molecule has 3 N–H and O–H groups in total. The third-order valence-corrected chi connectivity index (χ3v) is 3.19. The Labute approximate surface area is 109 Å². The van der Waals surface area contributed by atoms with Crippen molar-refractivity contribution in [2.45, 2.75) is 31.5 Å². The highest BCUT2D eigenvalue weighted by Gasteiger charge is 2.31. The summed E-state index contributed by atoms with van der Waals surface area (Å²) in [4.78, 5) is 0. The summed E-state index contributed by atoms with van der Waals surface area (Å²) >= 11 is 0. The molecule has 106 valence electrons. The zero-order chi connectivity index (χ0) is 13.9. The molecule has 3 nitrogen and oxygen atoms in total. The van der Waals surface area contributed by atoms with Crippen LogP contribution in [-0.2, 0) is 6.18 Å². The Hall–Kier alpha value is -1.43. The normalized spacial score (nSPS) is 20.3. The van der Waals surface area contributed by atoms with Crippen molar-refractivity contribution in [1.29, 1.82) is 0 Å². The lowest BCUT2D eigenvalue weighted by atomic mass is 10.1. The fourth-order valence-electron chi connectivity index (χ4n) is 2.11. The third-order valence-electron chi connectivity index (χ3n) is 3.19. The fraction of sp³-hybridized carbons (Fsp3) is 0.538. The van der Waals surface area contributed by atoms with Crippen molar-refractivity contribution in [2.75, 3.05) is 18.9 Å². The van der Waals surface area contributed by atoms with Gasteiger partial charge in [0.1, 0.15) is 12.4 Å². The van der Waals surface area contributed by atoms with Crippen LogP contribution >= 0.6 is 0 Å². The molecule has 0 amide bonds. The van der Waals surface area contributed by atoms with Crippen LogP contribution in [-0.4, -0.2) is 19.2 Å². The number of anilines is 1. The van der Waals surface area contributed by atoms with Gasteiger partial charge in [0.05, 0.1) is 11.3 Å². The fourth-order valence-corrected chi connectivity index (χ4v) is 2.11. The van der Waals surface area contributed by atoms with Gasteiger partial charge in [0, 0.05) is 6.04 Å². The van der Waals surface area contributed by atoms with E-state index in [4.69, 9.17) is 10.5 Å². The van der Waals surface area contributed by atoms with Gasteiger partial charge in [0.2, 0.25) is 0 Å². The molecule has 0 bridgehead atoms. The molecule has 1 aliphatic rings. The minimum atomic E-state index is -4.38. The Bertz CT molecular complexity index is 428. The lowest BCUT2D eigenvalue weighted by Crippen LogP contribution is -2.38. The summed E-state index contributed by atoms with van der Waals surface area (Å²) in [5, 5.41) is 3.30. The van der Waals surface area contributed by atoms with E-state index in [-0.39, 0.29) is 11.7 Å². The number of ether oxygens (including phenoxy) is 1. The molecule has 1 atom stereocenters. The predicted molar refractivity (Wildman–Crippen MR) is 67.0 cm³/mol. The van der Waals surface area contributed by atoms with E-state index in [9.17, 15) is 13.2 Å². The second-order valence-corrected chi connectivity index (χ2v) is 4.71. The lowest BCUT2D eigenvalue weighted by Gasteiger charge is -2.23. The van der Waals surface area contributed by atoms with E-state index in [1.807, 2.05) is 0 Å². The first kappa shape index (κ1) is 14.0. The lowest BCUT2D eigenvalue weighted by molar-refractivity contribution is -0.137. The minimum absolute atomic E-state index is 0.0191. The molecular formula is C13H17F3N2O. The van der Waals surface area contributed by atoms with E-state index in [0.717, 1.165) is 37.9 Å². The monoisotopic (exact) mass is 274 g/mol. The van der Waals surface area contributed by atoms with Gasteiger partial charge in [0.15, 0.2) is 0 Å². The molecule has 0 saturated carbocycles. The van der Waals surface area contributed by atoms with Gasteiger partial charge in [-0.25, -0.2) is 0 Å². The van der Waals surface area contributed by atoms with Gasteiger partial charge < -0.3 is 15.8 Å². The van der Waals surface area contributed by atoms with E-state index >= 15 is 0 Å². The van der Waals surface area contributed by atoms with Gasteiger partial charge in [-0.3, -0.25) is 0 Å². The van der Waals surface area contributed by atoms with Gasteiger partial charge in [-0.15, -0.1) is 0 Å². The number of nitrogens with one attached hydrogen (secondary N) is 1. The molecule has 1 aromatic carbocycles. The molecule has 1 aliphatic heterocycles. The van der Waals surface area contributed by atoms with Crippen molar-refractivity contribution in [2.24, 2.45) is 0 Å². The molecule has 0 aromatic heterocycles.